The maximum atomic E-state index is 12.3. The lowest BCUT2D eigenvalue weighted by Gasteiger charge is -2.10. The van der Waals surface area contributed by atoms with E-state index in [1.54, 1.807) is 18.2 Å². The van der Waals surface area contributed by atoms with Crippen LogP contribution in [-0.2, 0) is 10.0 Å². The van der Waals surface area contributed by atoms with Crippen LogP contribution in [0.5, 0.6) is 0 Å². The van der Waals surface area contributed by atoms with E-state index in [1.165, 1.54) is 12.1 Å². The van der Waals surface area contributed by atoms with Gasteiger partial charge < -0.3 is 5.32 Å². The Labute approximate surface area is 136 Å². The van der Waals surface area contributed by atoms with Crippen molar-refractivity contribution < 1.29 is 13.2 Å². The average Bonchev–Trinajstić information content (AvgIpc) is 2.55. The molecule has 0 saturated heterocycles. The molecule has 0 aliphatic heterocycles. The Morgan fingerprint density at radius 2 is 1.83 bits per heavy atom. The van der Waals surface area contributed by atoms with Crippen LogP contribution in [0.2, 0.25) is 0 Å². The van der Waals surface area contributed by atoms with Crippen molar-refractivity contribution in [2.24, 2.45) is 0 Å². The lowest BCUT2D eigenvalue weighted by molar-refractivity contribution is 0.102. The molecule has 0 aliphatic rings. The Balaban J connectivity index is 2.23. The number of carbonyl (C=O) groups is 1. The highest BCUT2D eigenvalue weighted by atomic mass is 32.2. The van der Waals surface area contributed by atoms with Crippen LogP contribution in [0.15, 0.2) is 53.4 Å². The lowest BCUT2D eigenvalue weighted by atomic mass is 10.1. The van der Waals surface area contributed by atoms with Gasteiger partial charge in [0.05, 0.1) is 4.90 Å². The summed E-state index contributed by atoms with van der Waals surface area (Å²) >= 11 is 0. The van der Waals surface area contributed by atoms with Gasteiger partial charge in [-0.15, -0.1) is 0 Å². The third kappa shape index (κ3) is 4.40. The van der Waals surface area contributed by atoms with Crippen LogP contribution in [0.25, 0.3) is 0 Å². The fraction of sp³-hybridized carbons (Fsp3) is 0.235. The Hall–Kier alpha value is -2.18. The molecule has 122 valence electrons. The molecule has 2 N–H and O–H groups in total. The summed E-state index contributed by atoms with van der Waals surface area (Å²) in [5.74, 6) is -0.341. The number of aryl methyl sites for hydroxylation is 1. The van der Waals surface area contributed by atoms with Crippen molar-refractivity contribution in [2.45, 2.75) is 25.2 Å². The van der Waals surface area contributed by atoms with E-state index in [0.29, 0.717) is 24.2 Å². The molecule has 0 unspecified atom stereocenters. The van der Waals surface area contributed by atoms with E-state index in [4.69, 9.17) is 0 Å². The summed E-state index contributed by atoms with van der Waals surface area (Å²) in [6.45, 7) is 4.14. The summed E-state index contributed by atoms with van der Waals surface area (Å²) in [4.78, 5) is 12.4. The van der Waals surface area contributed by atoms with Crippen molar-refractivity contribution in [3.8, 4) is 0 Å². The minimum Gasteiger partial charge on any atom is -0.322 e. The van der Waals surface area contributed by atoms with E-state index >= 15 is 0 Å². The topological polar surface area (TPSA) is 75.3 Å². The number of benzene rings is 2. The van der Waals surface area contributed by atoms with Crippen molar-refractivity contribution in [2.75, 3.05) is 11.9 Å². The number of amides is 1. The number of anilines is 1. The molecular formula is C17H20N2O3S. The van der Waals surface area contributed by atoms with Crippen LogP contribution >= 0.6 is 0 Å². The minimum absolute atomic E-state index is 0.0865. The van der Waals surface area contributed by atoms with Gasteiger partial charge in [0, 0.05) is 17.8 Å². The zero-order chi connectivity index (χ0) is 16.9. The van der Waals surface area contributed by atoms with Crippen LogP contribution in [0.1, 0.15) is 29.3 Å². The van der Waals surface area contributed by atoms with Crippen molar-refractivity contribution in [3.63, 3.8) is 0 Å². The Kier molecular flexibility index (Phi) is 5.52. The number of hydrogen-bond donors (Lipinski definition) is 2. The first-order valence-corrected chi connectivity index (χ1v) is 8.89. The highest BCUT2D eigenvalue weighted by molar-refractivity contribution is 7.89. The average molecular weight is 332 g/mol. The van der Waals surface area contributed by atoms with Crippen molar-refractivity contribution in [1.29, 1.82) is 0 Å². The predicted molar refractivity (Wildman–Crippen MR) is 91.1 cm³/mol. The summed E-state index contributed by atoms with van der Waals surface area (Å²) in [6.07, 6.45) is 0.701. The third-order valence-corrected chi connectivity index (χ3v) is 4.80. The number of para-hydroxylation sites is 1. The predicted octanol–water partition coefficient (Wildman–Crippen LogP) is 2.94. The smallest absolute Gasteiger partial charge is 0.255 e. The molecule has 0 bridgehead atoms. The monoisotopic (exact) mass is 332 g/mol. The highest BCUT2D eigenvalue weighted by Gasteiger charge is 2.15. The standard InChI is InChI=1S/C17H20N2O3S/c1-3-11-18-23(21,22)15-9-6-8-14(12-15)17(20)19-16-10-5-4-7-13(16)2/h4-10,12,18H,3,11H2,1-2H3,(H,19,20). The molecule has 5 nitrogen and oxygen atoms in total. The van der Waals surface area contributed by atoms with Gasteiger partial charge in [0.2, 0.25) is 10.0 Å². The van der Waals surface area contributed by atoms with E-state index in [1.807, 2.05) is 32.0 Å². The summed E-state index contributed by atoms with van der Waals surface area (Å²) in [5.41, 5.74) is 1.94. The molecule has 6 heteroatoms. The first-order chi connectivity index (χ1) is 10.9. The van der Waals surface area contributed by atoms with Crippen LogP contribution in [-0.4, -0.2) is 20.9 Å². The molecule has 2 rings (SSSR count). The molecule has 0 atom stereocenters. The minimum atomic E-state index is -3.59. The second kappa shape index (κ2) is 7.39. The SMILES string of the molecule is CCCNS(=O)(=O)c1cccc(C(=O)Nc2ccccc2C)c1. The molecule has 0 aromatic heterocycles. The van der Waals surface area contributed by atoms with Gasteiger partial charge in [-0.1, -0.05) is 31.2 Å². The summed E-state index contributed by atoms with van der Waals surface area (Å²) < 4.78 is 26.8. The van der Waals surface area contributed by atoms with Gasteiger partial charge in [-0.25, -0.2) is 13.1 Å². The quantitative estimate of drug-likeness (QED) is 0.854. The zero-order valence-electron chi connectivity index (χ0n) is 13.2. The normalized spacial score (nSPS) is 11.2. The number of rotatable bonds is 6. The van der Waals surface area contributed by atoms with Gasteiger partial charge in [-0.3, -0.25) is 4.79 Å². The number of sulfonamides is 1. The highest BCUT2D eigenvalue weighted by Crippen LogP contribution is 2.16. The Bertz CT molecular complexity index is 801. The number of nitrogens with one attached hydrogen (secondary N) is 2. The maximum absolute atomic E-state index is 12.3. The Morgan fingerprint density at radius 1 is 1.09 bits per heavy atom. The maximum Gasteiger partial charge on any atom is 0.255 e. The fourth-order valence-corrected chi connectivity index (χ4v) is 3.21. The van der Waals surface area contributed by atoms with Gasteiger partial charge in [-0.2, -0.15) is 0 Å². The molecule has 2 aromatic carbocycles. The molecule has 0 radical (unpaired) electrons. The number of carbonyl (C=O) groups excluding carboxylic acids is 1. The summed E-state index contributed by atoms with van der Waals surface area (Å²) in [5, 5.41) is 2.79. The first-order valence-electron chi connectivity index (χ1n) is 7.41. The second-order valence-corrected chi connectivity index (χ2v) is 6.96. The van der Waals surface area contributed by atoms with Gasteiger partial charge >= 0.3 is 0 Å². The largest absolute Gasteiger partial charge is 0.322 e. The van der Waals surface area contributed by atoms with Crippen molar-refractivity contribution >= 4 is 21.6 Å². The van der Waals surface area contributed by atoms with Gasteiger partial charge in [0.1, 0.15) is 0 Å². The molecule has 0 fully saturated rings. The first kappa shape index (κ1) is 17.2. The van der Waals surface area contributed by atoms with E-state index in [0.717, 1.165) is 5.56 Å². The molecule has 0 spiro atoms. The van der Waals surface area contributed by atoms with E-state index in [-0.39, 0.29) is 10.8 Å². The number of hydrogen-bond acceptors (Lipinski definition) is 3. The summed E-state index contributed by atoms with van der Waals surface area (Å²) in [7, 11) is -3.59. The Morgan fingerprint density at radius 3 is 2.52 bits per heavy atom. The lowest BCUT2D eigenvalue weighted by Crippen LogP contribution is -2.24. The van der Waals surface area contributed by atoms with E-state index in [2.05, 4.69) is 10.0 Å². The zero-order valence-corrected chi connectivity index (χ0v) is 14.0. The van der Waals surface area contributed by atoms with E-state index in [9.17, 15) is 13.2 Å². The van der Waals surface area contributed by atoms with Gasteiger partial charge in [-0.05, 0) is 43.2 Å². The molecule has 0 heterocycles. The van der Waals surface area contributed by atoms with Crippen molar-refractivity contribution in [3.05, 3.63) is 59.7 Å². The fourth-order valence-electron chi connectivity index (χ4n) is 2.03. The van der Waals surface area contributed by atoms with Crippen molar-refractivity contribution in [1.82, 2.24) is 4.72 Å². The van der Waals surface area contributed by atoms with Crippen LogP contribution in [0.4, 0.5) is 5.69 Å². The molecular weight excluding hydrogens is 312 g/mol. The molecule has 1 amide bonds. The van der Waals surface area contributed by atoms with Gasteiger partial charge in [0.25, 0.3) is 5.91 Å². The second-order valence-electron chi connectivity index (χ2n) is 5.19. The van der Waals surface area contributed by atoms with Crippen LogP contribution < -0.4 is 10.0 Å². The molecule has 23 heavy (non-hydrogen) atoms. The van der Waals surface area contributed by atoms with E-state index < -0.39 is 10.0 Å². The molecule has 2 aromatic rings. The molecule has 0 saturated carbocycles. The molecule has 0 aliphatic carbocycles. The third-order valence-electron chi connectivity index (χ3n) is 3.34. The van der Waals surface area contributed by atoms with Gasteiger partial charge in [0.15, 0.2) is 0 Å². The summed E-state index contributed by atoms with van der Waals surface area (Å²) in [6, 6.07) is 13.4. The van der Waals surface area contributed by atoms with Crippen LogP contribution in [0.3, 0.4) is 0 Å². The van der Waals surface area contributed by atoms with Crippen LogP contribution in [0, 0.1) is 6.92 Å².